The number of amides is 3. The van der Waals surface area contributed by atoms with E-state index in [1.165, 1.54) is 18.9 Å². The Morgan fingerprint density at radius 3 is 2.36 bits per heavy atom. The highest BCUT2D eigenvalue weighted by atomic mass is 16.5. The first-order valence-electron chi connectivity index (χ1n) is 12.5. The van der Waals surface area contributed by atoms with E-state index in [-0.39, 0.29) is 19.1 Å². The van der Waals surface area contributed by atoms with Gasteiger partial charge in [-0.25, -0.2) is 5.43 Å². The molecule has 9 heteroatoms. The van der Waals surface area contributed by atoms with Crippen molar-refractivity contribution in [1.82, 2.24) is 10.7 Å². The van der Waals surface area contributed by atoms with E-state index in [0.29, 0.717) is 23.0 Å². The number of rotatable bonds is 10. The summed E-state index contributed by atoms with van der Waals surface area (Å²) in [5, 5.41) is 9.26. The Morgan fingerprint density at radius 1 is 0.923 bits per heavy atom. The molecule has 0 aromatic heterocycles. The molecule has 0 spiro atoms. The molecule has 3 amide bonds. The molecule has 0 aliphatic rings. The van der Waals surface area contributed by atoms with Crippen molar-refractivity contribution in [3.8, 4) is 11.5 Å². The largest absolute Gasteiger partial charge is 0.493 e. The van der Waals surface area contributed by atoms with Gasteiger partial charge in [-0.15, -0.1) is 0 Å². The number of ether oxygens (including phenoxy) is 2. The van der Waals surface area contributed by atoms with Crippen LogP contribution in [0.25, 0.3) is 0 Å². The van der Waals surface area contributed by atoms with Crippen LogP contribution >= 0.6 is 0 Å². The Balaban J connectivity index is 1.49. The third-order valence-electron chi connectivity index (χ3n) is 5.90. The Kier molecular flexibility index (Phi) is 10.2. The molecular formula is C30H34N4O5. The van der Waals surface area contributed by atoms with Gasteiger partial charge in [0.1, 0.15) is 0 Å². The van der Waals surface area contributed by atoms with Gasteiger partial charge in [-0.1, -0.05) is 50.2 Å². The second-order valence-electron chi connectivity index (χ2n) is 9.34. The summed E-state index contributed by atoms with van der Waals surface area (Å²) in [6.45, 7) is 8.11. The number of anilines is 1. The number of nitrogens with zero attached hydrogens (tertiary/aromatic N) is 1. The fraction of sp³-hybridized carbons (Fsp3) is 0.267. The van der Waals surface area contributed by atoms with E-state index >= 15 is 0 Å². The third-order valence-corrected chi connectivity index (χ3v) is 5.90. The maximum Gasteiger partial charge on any atom is 0.329 e. The first kappa shape index (κ1) is 28.9. The molecule has 0 bridgehead atoms. The van der Waals surface area contributed by atoms with Gasteiger partial charge in [0, 0.05) is 12.2 Å². The van der Waals surface area contributed by atoms with E-state index in [1.807, 2.05) is 56.3 Å². The molecule has 0 heterocycles. The summed E-state index contributed by atoms with van der Waals surface area (Å²) in [4.78, 5) is 36.5. The number of nitrogens with one attached hydrogen (secondary N) is 3. The van der Waals surface area contributed by atoms with Crippen molar-refractivity contribution < 1.29 is 23.9 Å². The summed E-state index contributed by atoms with van der Waals surface area (Å²) in [5.74, 6) is -0.805. The number of carbonyl (C=O) groups is 3. The number of methoxy groups -OCH3 is 1. The van der Waals surface area contributed by atoms with Crippen molar-refractivity contribution in [2.24, 2.45) is 5.10 Å². The number of hydrazone groups is 1. The number of benzene rings is 3. The molecule has 3 aromatic carbocycles. The Bertz CT molecular complexity index is 1350. The fourth-order valence-corrected chi connectivity index (χ4v) is 3.58. The summed E-state index contributed by atoms with van der Waals surface area (Å²) in [5.41, 5.74) is 7.62. The van der Waals surface area contributed by atoms with Crippen molar-refractivity contribution in [2.45, 2.75) is 40.2 Å². The zero-order chi connectivity index (χ0) is 28.4. The van der Waals surface area contributed by atoms with Crippen molar-refractivity contribution in [2.75, 3.05) is 19.0 Å². The molecule has 0 saturated carbocycles. The van der Waals surface area contributed by atoms with E-state index in [1.54, 1.807) is 18.2 Å². The molecule has 3 rings (SSSR count). The highest BCUT2D eigenvalue weighted by Crippen LogP contribution is 2.27. The first-order chi connectivity index (χ1) is 18.7. The zero-order valence-electron chi connectivity index (χ0n) is 22.8. The minimum atomic E-state index is -0.883. The van der Waals surface area contributed by atoms with Gasteiger partial charge >= 0.3 is 11.8 Å². The summed E-state index contributed by atoms with van der Waals surface area (Å²) in [6.07, 6.45) is 1.37. The van der Waals surface area contributed by atoms with Crippen LogP contribution in [0.4, 0.5) is 5.69 Å². The molecule has 3 N–H and O–H groups in total. The fourth-order valence-electron chi connectivity index (χ4n) is 3.58. The predicted molar refractivity (Wildman–Crippen MR) is 151 cm³/mol. The number of aryl methyl sites for hydroxylation is 2. The van der Waals surface area contributed by atoms with E-state index in [4.69, 9.17) is 9.47 Å². The van der Waals surface area contributed by atoms with Gasteiger partial charge in [0.2, 0.25) is 0 Å². The highest BCUT2D eigenvalue weighted by Gasteiger charge is 2.13. The molecule has 39 heavy (non-hydrogen) atoms. The smallest absolute Gasteiger partial charge is 0.329 e. The van der Waals surface area contributed by atoms with Crippen LogP contribution in [0, 0.1) is 13.8 Å². The quantitative estimate of drug-likeness (QED) is 0.206. The van der Waals surface area contributed by atoms with Crippen LogP contribution in [0.2, 0.25) is 0 Å². The van der Waals surface area contributed by atoms with Crippen LogP contribution in [0.15, 0.2) is 65.8 Å². The molecule has 0 fully saturated rings. The van der Waals surface area contributed by atoms with Crippen molar-refractivity contribution in [1.29, 1.82) is 0 Å². The minimum Gasteiger partial charge on any atom is -0.493 e. The molecule has 0 aliphatic carbocycles. The molecule has 0 unspecified atom stereocenters. The molecule has 0 radical (unpaired) electrons. The van der Waals surface area contributed by atoms with Gasteiger partial charge in [0.05, 0.1) is 13.3 Å². The van der Waals surface area contributed by atoms with Crippen LogP contribution in [0.3, 0.4) is 0 Å². The summed E-state index contributed by atoms with van der Waals surface area (Å²) in [7, 11) is 1.47. The topological polar surface area (TPSA) is 118 Å². The monoisotopic (exact) mass is 530 g/mol. The summed E-state index contributed by atoms with van der Waals surface area (Å²) in [6, 6.07) is 18.6. The van der Waals surface area contributed by atoms with Crippen LogP contribution in [-0.2, 0) is 20.9 Å². The van der Waals surface area contributed by atoms with Crippen molar-refractivity contribution in [3.63, 3.8) is 0 Å². The van der Waals surface area contributed by atoms with Gasteiger partial charge in [-0.3, -0.25) is 14.4 Å². The molecule has 204 valence electrons. The minimum absolute atomic E-state index is 0.204. The number of carbonyl (C=O) groups excluding carboxylic acids is 3. The molecule has 9 nitrogen and oxygen atoms in total. The molecule has 0 atom stereocenters. The van der Waals surface area contributed by atoms with Crippen LogP contribution in [0.1, 0.15) is 47.6 Å². The highest BCUT2D eigenvalue weighted by molar-refractivity contribution is 6.35. The van der Waals surface area contributed by atoms with E-state index in [0.717, 1.165) is 22.4 Å². The van der Waals surface area contributed by atoms with Crippen molar-refractivity contribution in [3.05, 3.63) is 88.5 Å². The summed E-state index contributed by atoms with van der Waals surface area (Å²) >= 11 is 0. The molecular weight excluding hydrogens is 496 g/mol. The standard InChI is InChI=1S/C30H34N4O5/c1-19(2)24-11-8-22(9-12-24)16-31-29(36)30(37)34-32-17-23-10-13-26(27(15-23)38-5)39-18-28(35)33-25-14-20(3)6-7-21(25)4/h6-15,17,19H,16,18H2,1-5H3,(H,31,36)(H,33,35)(H,34,37)/b32-17-. The van der Waals surface area contributed by atoms with Crippen LogP contribution in [0.5, 0.6) is 11.5 Å². The molecule has 0 saturated heterocycles. The lowest BCUT2D eigenvalue weighted by Gasteiger charge is -2.12. The lowest BCUT2D eigenvalue weighted by Crippen LogP contribution is -2.37. The Labute approximate surface area is 228 Å². The van der Waals surface area contributed by atoms with E-state index in [9.17, 15) is 14.4 Å². The second-order valence-corrected chi connectivity index (χ2v) is 9.34. The average molecular weight is 531 g/mol. The van der Waals surface area contributed by atoms with E-state index < -0.39 is 11.8 Å². The molecule has 3 aromatic rings. The van der Waals surface area contributed by atoms with Crippen molar-refractivity contribution >= 4 is 29.6 Å². The Hall–Kier alpha value is -4.66. The molecule has 0 aliphatic heterocycles. The lowest BCUT2D eigenvalue weighted by molar-refractivity contribution is -0.139. The summed E-state index contributed by atoms with van der Waals surface area (Å²) < 4.78 is 11.0. The second kappa shape index (κ2) is 13.8. The van der Waals surface area contributed by atoms with Gasteiger partial charge < -0.3 is 20.1 Å². The van der Waals surface area contributed by atoms with E-state index in [2.05, 4.69) is 35.0 Å². The first-order valence-corrected chi connectivity index (χ1v) is 12.5. The van der Waals surface area contributed by atoms with Crippen LogP contribution in [-0.4, -0.2) is 37.7 Å². The van der Waals surface area contributed by atoms with Crippen LogP contribution < -0.4 is 25.5 Å². The van der Waals surface area contributed by atoms with Gasteiger partial charge in [-0.2, -0.15) is 5.10 Å². The third kappa shape index (κ3) is 8.70. The zero-order valence-corrected chi connectivity index (χ0v) is 22.8. The Morgan fingerprint density at radius 2 is 1.67 bits per heavy atom. The van der Waals surface area contributed by atoms with Gasteiger partial charge in [0.25, 0.3) is 5.91 Å². The lowest BCUT2D eigenvalue weighted by atomic mass is 10.0. The maximum atomic E-state index is 12.4. The SMILES string of the molecule is COc1cc(/C=N\NC(=O)C(=O)NCc2ccc(C(C)C)cc2)ccc1OCC(=O)Nc1cc(C)ccc1C. The predicted octanol–water partition coefficient (Wildman–Crippen LogP) is 4.22. The van der Waals surface area contributed by atoms with Gasteiger partial charge in [0.15, 0.2) is 18.1 Å². The van der Waals surface area contributed by atoms with Gasteiger partial charge in [-0.05, 0) is 71.8 Å². The number of hydrogen-bond donors (Lipinski definition) is 3. The maximum absolute atomic E-state index is 12.4. The average Bonchev–Trinajstić information content (AvgIpc) is 2.92. The normalized spacial score (nSPS) is 10.8. The number of hydrogen-bond acceptors (Lipinski definition) is 6.